The van der Waals surface area contributed by atoms with Gasteiger partial charge in [-0.2, -0.15) is 0 Å². The normalized spacial score (nSPS) is 30.0. The monoisotopic (exact) mass is 184 g/mol. The summed E-state index contributed by atoms with van der Waals surface area (Å²) in [6, 6.07) is 2.12. The van der Waals surface area contributed by atoms with Crippen molar-refractivity contribution in [3.63, 3.8) is 0 Å². The van der Waals surface area contributed by atoms with Crippen molar-refractivity contribution in [1.29, 1.82) is 0 Å². The molecule has 0 heterocycles. The second kappa shape index (κ2) is 4.97. The third kappa shape index (κ3) is 2.68. The standard InChI is InChI=1S/C11H24N2/c1-9(2)13(4)11-8-6-5-7-10(11)12-3/h9-12H,5-8H2,1-4H3/t10-,11+/m1/s1. The van der Waals surface area contributed by atoms with E-state index in [4.69, 9.17) is 0 Å². The number of hydrogen-bond acceptors (Lipinski definition) is 2. The lowest BCUT2D eigenvalue weighted by molar-refractivity contribution is 0.124. The van der Waals surface area contributed by atoms with Crippen LogP contribution in [0.25, 0.3) is 0 Å². The van der Waals surface area contributed by atoms with Crippen LogP contribution < -0.4 is 5.32 Å². The van der Waals surface area contributed by atoms with Crippen LogP contribution in [0.5, 0.6) is 0 Å². The van der Waals surface area contributed by atoms with Crippen LogP contribution in [-0.2, 0) is 0 Å². The fourth-order valence-electron chi connectivity index (χ4n) is 2.32. The quantitative estimate of drug-likeness (QED) is 0.720. The van der Waals surface area contributed by atoms with Crippen LogP contribution in [0.3, 0.4) is 0 Å². The Morgan fingerprint density at radius 2 is 1.85 bits per heavy atom. The molecule has 0 saturated heterocycles. The summed E-state index contributed by atoms with van der Waals surface area (Å²) in [5.74, 6) is 0. The number of nitrogens with one attached hydrogen (secondary N) is 1. The smallest absolute Gasteiger partial charge is 0.0248 e. The molecule has 0 aromatic carbocycles. The minimum Gasteiger partial charge on any atom is -0.315 e. The fourth-order valence-corrected chi connectivity index (χ4v) is 2.32. The molecule has 13 heavy (non-hydrogen) atoms. The van der Waals surface area contributed by atoms with E-state index >= 15 is 0 Å². The highest BCUT2D eigenvalue weighted by Gasteiger charge is 2.27. The summed E-state index contributed by atoms with van der Waals surface area (Å²) in [5, 5.41) is 3.45. The molecule has 0 amide bonds. The summed E-state index contributed by atoms with van der Waals surface area (Å²) < 4.78 is 0. The molecule has 0 aromatic rings. The third-order valence-electron chi connectivity index (χ3n) is 3.44. The highest BCUT2D eigenvalue weighted by molar-refractivity contribution is 4.87. The first kappa shape index (κ1) is 11.0. The molecule has 0 radical (unpaired) electrons. The van der Waals surface area contributed by atoms with Gasteiger partial charge in [0.25, 0.3) is 0 Å². The van der Waals surface area contributed by atoms with Crippen molar-refractivity contribution in [2.24, 2.45) is 0 Å². The Morgan fingerprint density at radius 1 is 1.23 bits per heavy atom. The lowest BCUT2D eigenvalue weighted by Gasteiger charge is -2.40. The zero-order chi connectivity index (χ0) is 9.84. The molecule has 0 spiro atoms. The summed E-state index contributed by atoms with van der Waals surface area (Å²) in [6.07, 6.45) is 5.51. The van der Waals surface area contributed by atoms with Crippen LogP contribution >= 0.6 is 0 Å². The Kier molecular flexibility index (Phi) is 4.20. The van der Waals surface area contributed by atoms with Gasteiger partial charge in [-0.1, -0.05) is 12.8 Å². The van der Waals surface area contributed by atoms with Crippen molar-refractivity contribution in [1.82, 2.24) is 10.2 Å². The molecule has 1 aliphatic rings. The zero-order valence-corrected chi connectivity index (χ0v) is 9.51. The number of nitrogens with zero attached hydrogens (tertiary/aromatic N) is 1. The maximum Gasteiger partial charge on any atom is 0.0248 e. The average molecular weight is 184 g/mol. The van der Waals surface area contributed by atoms with E-state index in [0.717, 1.165) is 6.04 Å². The van der Waals surface area contributed by atoms with Crippen LogP contribution in [-0.4, -0.2) is 37.1 Å². The van der Waals surface area contributed by atoms with Crippen LogP contribution in [0.15, 0.2) is 0 Å². The molecular formula is C11H24N2. The summed E-state index contributed by atoms with van der Waals surface area (Å²) in [7, 11) is 4.35. The second-order valence-electron chi connectivity index (χ2n) is 4.51. The Hall–Kier alpha value is -0.0800. The predicted molar refractivity (Wildman–Crippen MR) is 58.0 cm³/mol. The molecule has 1 fully saturated rings. The summed E-state index contributed by atoms with van der Waals surface area (Å²) >= 11 is 0. The SMILES string of the molecule is CN[C@@H]1CCCC[C@@H]1N(C)C(C)C. The lowest BCUT2D eigenvalue weighted by atomic mass is 9.89. The minimum atomic E-state index is 0.666. The first-order valence-corrected chi connectivity index (χ1v) is 5.56. The largest absolute Gasteiger partial charge is 0.315 e. The zero-order valence-electron chi connectivity index (χ0n) is 9.51. The van der Waals surface area contributed by atoms with E-state index in [9.17, 15) is 0 Å². The molecule has 78 valence electrons. The van der Waals surface area contributed by atoms with Gasteiger partial charge in [-0.05, 0) is 40.8 Å². The molecule has 2 nitrogen and oxygen atoms in total. The van der Waals surface area contributed by atoms with E-state index < -0.39 is 0 Å². The molecule has 2 atom stereocenters. The fraction of sp³-hybridized carbons (Fsp3) is 1.00. The van der Waals surface area contributed by atoms with E-state index in [2.05, 4.69) is 38.2 Å². The molecule has 1 N–H and O–H groups in total. The van der Waals surface area contributed by atoms with Gasteiger partial charge in [0.15, 0.2) is 0 Å². The molecule has 1 aliphatic carbocycles. The van der Waals surface area contributed by atoms with Crippen LogP contribution in [0.2, 0.25) is 0 Å². The number of hydrogen-bond donors (Lipinski definition) is 1. The van der Waals surface area contributed by atoms with Gasteiger partial charge in [0, 0.05) is 18.1 Å². The van der Waals surface area contributed by atoms with Crippen molar-refractivity contribution < 1.29 is 0 Å². The highest BCUT2D eigenvalue weighted by atomic mass is 15.2. The molecule has 1 saturated carbocycles. The van der Waals surface area contributed by atoms with Gasteiger partial charge >= 0.3 is 0 Å². The average Bonchev–Trinajstić information content (AvgIpc) is 2.16. The highest BCUT2D eigenvalue weighted by Crippen LogP contribution is 2.23. The lowest BCUT2D eigenvalue weighted by Crippen LogP contribution is -2.51. The molecule has 0 aliphatic heterocycles. The van der Waals surface area contributed by atoms with Crippen molar-refractivity contribution in [2.75, 3.05) is 14.1 Å². The Morgan fingerprint density at radius 3 is 2.38 bits per heavy atom. The van der Waals surface area contributed by atoms with Gasteiger partial charge in [-0.3, -0.25) is 4.90 Å². The van der Waals surface area contributed by atoms with E-state index in [1.807, 2.05) is 0 Å². The van der Waals surface area contributed by atoms with Crippen molar-refractivity contribution >= 4 is 0 Å². The van der Waals surface area contributed by atoms with Crippen molar-refractivity contribution in [3.05, 3.63) is 0 Å². The summed E-state index contributed by atoms with van der Waals surface area (Å²) in [6.45, 7) is 4.56. The maximum absolute atomic E-state index is 3.45. The van der Waals surface area contributed by atoms with E-state index in [1.165, 1.54) is 25.7 Å². The van der Waals surface area contributed by atoms with Gasteiger partial charge in [0.1, 0.15) is 0 Å². The van der Waals surface area contributed by atoms with Crippen LogP contribution in [0, 0.1) is 0 Å². The van der Waals surface area contributed by atoms with Crippen LogP contribution in [0.1, 0.15) is 39.5 Å². The van der Waals surface area contributed by atoms with Crippen LogP contribution in [0.4, 0.5) is 0 Å². The van der Waals surface area contributed by atoms with E-state index in [0.29, 0.717) is 12.1 Å². The van der Waals surface area contributed by atoms with E-state index in [-0.39, 0.29) is 0 Å². The molecule has 2 heteroatoms. The molecule has 0 aromatic heterocycles. The van der Waals surface area contributed by atoms with Gasteiger partial charge in [0.2, 0.25) is 0 Å². The van der Waals surface area contributed by atoms with E-state index in [1.54, 1.807) is 0 Å². The van der Waals surface area contributed by atoms with Crippen molar-refractivity contribution in [3.8, 4) is 0 Å². The summed E-state index contributed by atoms with van der Waals surface area (Å²) in [5.41, 5.74) is 0. The molecule has 0 unspecified atom stereocenters. The molecule has 1 rings (SSSR count). The first-order chi connectivity index (χ1) is 6.16. The maximum atomic E-state index is 3.45. The Balaban J connectivity index is 2.53. The Labute approximate surface area is 82.7 Å². The van der Waals surface area contributed by atoms with Gasteiger partial charge in [-0.25, -0.2) is 0 Å². The van der Waals surface area contributed by atoms with Gasteiger partial charge in [-0.15, -0.1) is 0 Å². The number of rotatable bonds is 3. The topological polar surface area (TPSA) is 15.3 Å². The van der Waals surface area contributed by atoms with Gasteiger partial charge < -0.3 is 5.32 Å². The first-order valence-electron chi connectivity index (χ1n) is 5.56. The molecule has 0 bridgehead atoms. The third-order valence-corrected chi connectivity index (χ3v) is 3.44. The Bertz CT molecular complexity index is 143. The van der Waals surface area contributed by atoms with Crippen molar-refractivity contribution in [2.45, 2.75) is 57.7 Å². The number of likely N-dealkylation sites (N-methyl/N-ethyl adjacent to an activating group) is 2. The minimum absolute atomic E-state index is 0.666. The predicted octanol–water partition coefficient (Wildman–Crippen LogP) is 1.86. The second-order valence-corrected chi connectivity index (χ2v) is 4.51. The molecular weight excluding hydrogens is 160 g/mol. The van der Waals surface area contributed by atoms with Gasteiger partial charge in [0.05, 0.1) is 0 Å². The summed E-state index contributed by atoms with van der Waals surface area (Å²) in [4.78, 5) is 2.51.